The monoisotopic (exact) mass is 626 g/mol. The van der Waals surface area contributed by atoms with Crippen LogP contribution in [0.3, 0.4) is 0 Å². The molecule has 2 aliphatic rings. The first-order valence-electron chi connectivity index (χ1n) is 11.1. The van der Waals surface area contributed by atoms with Crippen LogP contribution in [0.15, 0.2) is 67.1 Å². The predicted molar refractivity (Wildman–Crippen MR) is 144 cm³/mol. The van der Waals surface area contributed by atoms with Gasteiger partial charge in [-0.2, -0.15) is 0 Å². The minimum atomic E-state index is -0.459. The molecule has 1 aliphatic heterocycles. The summed E-state index contributed by atoms with van der Waals surface area (Å²) in [6.45, 7) is 3.77. The largest absolute Gasteiger partial charge is 0.482 e. The number of carbonyl (C=O) groups excluding carboxylic acids is 2. The smallest absolute Gasteiger partial charge is 0.344 e. The molecule has 0 spiro atoms. The van der Waals surface area contributed by atoms with Crippen molar-refractivity contribution in [2.45, 2.75) is 20.4 Å². The van der Waals surface area contributed by atoms with Gasteiger partial charge in [-0.05, 0) is 75.0 Å². The number of nitrogens with zero attached hydrogens (tertiary/aromatic N) is 4. The molecule has 0 amide bonds. The molecule has 0 saturated heterocycles. The molecule has 1 heterocycles. The van der Waals surface area contributed by atoms with E-state index in [1.54, 1.807) is 56.3 Å². The van der Waals surface area contributed by atoms with Crippen molar-refractivity contribution in [2.24, 2.45) is 5.11 Å². The van der Waals surface area contributed by atoms with Crippen molar-refractivity contribution in [3.8, 4) is 28.1 Å². The Morgan fingerprint density at radius 3 is 2.43 bits per heavy atom. The number of ketones is 1. The van der Waals surface area contributed by atoms with Crippen LogP contribution in [0.1, 0.15) is 34.2 Å². The first-order valence-corrected chi connectivity index (χ1v) is 12.7. The molecular formula is C26H20Br2N4O5. The second kappa shape index (κ2) is 11.6. The normalized spacial score (nSPS) is 10.7. The average Bonchev–Trinajstić information content (AvgIpc) is 3.33. The summed E-state index contributed by atoms with van der Waals surface area (Å²) >= 11 is 7.14. The SMILES string of the molecule is CCOC(=O)COc1cc(Br)c(-c2noc(C)c3c(C(=O)c4ccc(CN=[N+]=[N-])cc4)ccc2-3)c(Br)c1. The lowest BCUT2D eigenvalue weighted by atomic mass is 9.96. The van der Waals surface area contributed by atoms with Crippen molar-refractivity contribution in [1.82, 2.24) is 5.16 Å². The molecule has 37 heavy (non-hydrogen) atoms. The maximum absolute atomic E-state index is 13.4. The molecular weight excluding hydrogens is 608 g/mol. The minimum Gasteiger partial charge on any atom is -0.482 e. The fraction of sp³-hybridized carbons (Fsp3) is 0.192. The van der Waals surface area contributed by atoms with Gasteiger partial charge in [0.05, 0.1) is 13.2 Å². The maximum Gasteiger partial charge on any atom is 0.344 e. The Hall–Kier alpha value is -3.66. The summed E-state index contributed by atoms with van der Waals surface area (Å²) in [5.41, 5.74) is 12.9. The Balaban J connectivity index is 1.66. The summed E-state index contributed by atoms with van der Waals surface area (Å²) in [5.74, 6) is 0.340. The van der Waals surface area contributed by atoms with Gasteiger partial charge in [-0.3, -0.25) is 4.79 Å². The summed E-state index contributed by atoms with van der Waals surface area (Å²) in [7, 11) is 0. The Morgan fingerprint density at radius 1 is 1.08 bits per heavy atom. The quantitative estimate of drug-likeness (QED) is 0.0631. The van der Waals surface area contributed by atoms with Crippen LogP contribution in [0.25, 0.3) is 32.8 Å². The van der Waals surface area contributed by atoms with Gasteiger partial charge in [-0.1, -0.05) is 40.6 Å². The van der Waals surface area contributed by atoms with E-state index in [2.05, 4.69) is 47.0 Å². The number of azide groups is 1. The van der Waals surface area contributed by atoms with Gasteiger partial charge in [0.1, 0.15) is 17.2 Å². The molecule has 4 rings (SSSR count). The third-order valence-electron chi connectivity index (χ3n) is 5.53. The highest BCUT2D eigenvalue weighted by atomic mass is 79.9. The Morgan fingerprint density at radius 2 is 1.78 bits per heavy atom. The van der Waals surface area contributed by atoms with Crippen molar-refractivity contribution in [3.63, 3.8) is 0 Å². The fourth-order valence-corrected chi connectivity index (χ4v) is 5.39. The molecule has 0 saturated carbocycles. The number of esters is 1. The predicted octanol–water partition coefficient (Wildman–Crippen LogP) is 7.26. The number of carbonyl (C=O) groups is 2. The number of aromatic nitrogens is 1. The van der Waals surface area contributed by atoms with Crippen molar-refractivity contribution in [2.75, 3.05) is 13.2 Å². The Kier molecular flexibility index (Phi) is 8.27. The maximum atomic E-state index is 13.4. The molecule has 9 nitrogen and oxygen atoms in total. The van der Waals surface area contributed by atoms with E-state index >= 15 is 0 Å². The summed E-state index contributed by atoms with van der Waals surface area (Å²) in [6.07, 6.45) is 0. The highest BCUT2D eigenvalue weighted by Gasteiger charge is 2.27. The van der Waals surface area contributed by atoms with Crippen LogP contribution in [-0.4, -0.2) is 30.1 Å². The second-order valence-electron chi connectivity index (χ2n) is 7.89. The van der Waals surface area contributed by atoms with Crippen molar-refractivity contribution < 1.29 is 23.6 Å². The fourth-order valence-electron chi connectivity index (χ4n) is 3.87. The van der Waals surface area contributed by atoms with E-state index in [4.69, 9.17) is 19.5 Å². The van der Waals surface area contributed by atoms with Crippen LogP contribution in [0.2, 0.25) is 0 Å². The molecule has 2 aromatic carbocycles. The Labute approximate surface area is 229 Å². The third-order valence-corrected chi connectivity index (χ3v) is 6.78. The molecule has 188 valence electrons. The van der Waals surface area contributed by atoms with Crippen molar-refractivity contribution in [3.05, 3.63) is 90.4 Å². The number of rotatable bonds is 9. The van der Waals surface area contributed by atoms with Crippen LogP contribution in [0.5, 0.6) is 5.75 Å². The number of halogens is 2. The van der Waals surface area contributed by atoms with Gasteiger partial charge in [-0.15, -0.1) is 0 Å². The molecule has 0 N–H and O–H groups in total. The van der Waals surface area contributed by atoms with Crippen LogP contribution in [-0.2, 0) is 16.1 Å². The lowest BCUT2D eigenvalue weighted by Gasteiger charge is -2.14. The van der Waals surface area contributed by atoms with E-state index in [1.807, 2.05) is 6.07 Å². The van der Waals surface area contributed by atoms with Crippen LogP contribution in [0, 0.1) is 6.92 Å². The molecule has 0 atom stereocenters. The van der Waals surface area contributed by atoms with Crippen molar-refractivity contribution >= 4 is 43.6 Å². The summed E-state index contributed by atoms with van der Waals surface area (Å²) in [6, 6.07) is 14.0. The molecule has 0 aromatic heterocycles. The van der Waals surface area contributed by atoms with Crippen LogP contribution >= 0.6 is 31.9 Å². The van der Waals surface area contributed by atoms with E-state index in [1.165, 1.54) is 0 Å². The van der Waals surface area contributed by atoms with Crippen LogP contribution in [0.4, 0.5) is 0 Å². The van der Waals surface area contributed by atoms with Crippen molar-refractivity contribution in [1.29, 1.82) is 0 Å². The van der Waals surface area contributed by atoms with Gasteiger partial charge in [0.25, 0.3) is 0 Å². The number of aryl methyl sites for hydroxylation is 1. The number of ether oxygens (including phenoxy) is 2. The zero-order valence-electron chi connectivity index (χ0n) is 19.8. The molecule has 0 bridgehead atoms. The highest BCUT2D eigenvalue weighted by molar-refractivity contribution is 9.11. The minimum absolute atomic E-state index is 0.165. The third kappa shape index (κ3) is 5.69. The number of benzene rings is 2. The summed E-state index contributed by atoms with van der Waals surface area (Å²) in [4.78, 5) is 27.8. The van der Waals surface area contributed by atoms with Crippen LogP contribution < -0.4 is 4.74 Å². The lowest BCUT2D eigenvalue weighted by Crippen LogP contribution is -2.14. The Bertz CT molecular complexity index is 1470. The number of fused-ring (bicyclic) bond motifs is 1. The van der Waals surface area contributed by atoms with Gasteiger partial charge in [0, 0.05) is 41.7 Å². The van der Waals surface area contributed by atoms with E-state index in [0.29, 0.717) is 48.4 Å². The zero-order chi connectivity index (χ0) is 26.5. The zero-order valence-corrected chi connectivity index (χ0v) is 23.0. The average molecular weight is 628 g/mol. The summed E-state index contributed by atoms with van der Waals surface area (Å²) < 4.78 is 17.4. The first-order chi connectivity index (χ1) is 17.8. The van der Waals surface area contributed by atoms with Gasteiger partial charge >= 0.3 is 5.97 Å². The van der Waals surface area contributed by atoms with Gasteiger partial charge < -0.3 is 14.0 Å². The molecule has 1 aliphatic carbocycles. The molecule has 2 aromatic rings. The highest BCUT2D eigenvalue weighted by Crippen LogP contribution is 2.44. The lowest BCUT2D eigenvalue weighted by molar-refractivity contribution is -0.145. The van der Waals surface area contributed by atoms with Gasteiger partial charge in [-0.25, -0.2) is 4.79 Å². The van der Waals surface area contributed by atoms with Gasteiger partial charge in [0.2, 0.25) is 0 Å². The molecule has 0 fully saturated rings. The van der Waals surface area contributed by atoms with E-state index in [-0.39, 0.29) is 25.5 Å². The van der Waals surface area contributed by atoms with E-state index in [9.17, 15) is 9.59 Å². The van der Waals surface area contributed by atoms with E-state index in [0.717, 1.165) is 11.1 Å². The first kappa shape index (κ1) is 26.4. The molecule has 0 radical (unpaired) electrons. The second-order valence-corrected chi connectivity index (χ2v) is 9.60. The number of hydrogen-bond donors (Lipinski definition) is 0. The number of hydrogen-bond acceptors (Lipinski definition) is 7. The standard InChI is InChI=1S/C26H20Br2N4O5/c1-3-35-22(33)13-36-17-10-20(27)24(21(28)11-17)25-18-8-9-19(23(18)14(2)37-31-25)26(34)16-6-4-15(5-7-16)12-30-32-29/h4-11H,3,12-13H2,1-2H3. The topological polar surface area (TPSA) is 127 Å². The van der Waals surface area contributed by atoms with E-state index < -0.39 is 5.97 Å². The van der Waals surface area contributed by atoms with Gasteiger partial charge in [0.15, 0.2) is 12.4 Å². The summed E-state index contributed by atoms with van der Waals surface area (Å²) in [5, 5.41) is 7.85. The molecule has 0 unspecified atom stereocenters. The molecule has 11 heteroatoms.